The summed E-state index contributed by atoms with van der Waals surface area (Å²) in [6.45, 7) is 7.50. The quantitative estimate of drug-likeness (QED) is 0.873. The van der Waals surface area contributed by atoms with Gasteiger partial charge in [-0.1, -0.05) is 0 Å². The van der Waals surface area contributed by atoms with E-state index in [1.165, 1.54) is 0 Å². The number of ether oxygens (including phenoxy) is 1. The molecule has 1 amide bonds. The van der Waals surface area contributed by atoms with Crippen LogP contribution >= 0.6 is 0 Å². The Morgan fingerprint density at radius 2 is 1.96 bits per heavy atom. The molecule has 2 bridgehead atoms. The van der Waals surface area contributed by atoms with E-state index in [-0.39, 0.29) is 5.91 Å². The van der Waals surface area contributed by atoms with Gasteiger partial charge in [-0.15, -0.1) is 0 Å². The molecule has 7 heteroatoms. The summed E-state index contributed by atoms with van der Waals surface area (Å²) in [5.41, 5.74) is 2.66. The first kappa shape index (κ1) is 17.0. The Morgan fingerprint density at radius 1 is 1.07 bits per heavy atom. The van der Waals surface area contributed by atoms with Crippen molar-refractivity contribution in [1.82, 2.24) is 20.0 Å². The van der Waals surface area contributed by atoms with Crippen LogP contribution in [0.5, 0.6) is 0 Å². The molecule has 2 aromatic rings. The van der Waals surface area contributed by atoms with Crippen LogP contribution in [0.2, 0.25) is 0 Å². The Morgan fingerprint density at radius 3 is 2.85 bits per heavy atom. The third-order valence-corrected chi connectivity index (χ3v) is 6.25. The van der Waals surface area contributed by atoms with Gasteiger partial charge in [-0.05, 0) is 37.5 Å². The topological polar surface area (TPSA) is 64.7 Å². The maximum Gasteiger partial charge on any atom is 0.275 e. The second kappa shape index (κ2) is 7.13. The van der Waals surface area contributed by atoms with Gasteiger partial charge in [-0.3, -0.25) is 9.89 Å². The molecule has 0 saturated carbocycles. The summed E-state index contributed by atoms with van der Waals surface area (Å²) < 4.78 is 5.56. The van der Waals surface area contributed by atoms with Crippen molar-refractivity contribution in [3.05, 3.63) is 23.9 Å². The number of nitrogens with zero attached hydrogens (tertiary/aromatic N) is 4. The number of anilines is 1. The molecule has 1 aromatic heterocycles. The van der Waals surface area contributed by atoms with Gasteiger partial charge in [0.2, 0.25) is 0 Å². The van der Waals surface area contributed by atoms with E-state index in [9.17, 15) is 4.79 Å². The fourth-order valence-electron chi connectivity index (χ4n) is 4.66. The highest BCUT2D eigenvalue weighted by Gasteiger charge is 2.33. The molecule has 4 aliphatic heterocycles. The maximum absolute atomic E-state index is 13.2. The maximum atomic E-state index is 13.2. The van der Waals surface area contributed by atoms with Crippen molar-refractivity contribution in [3.8, 4) is 0 Å². The molecule has 4 fully saturated rings. The lowest BCUT2D eigenvalue weighted by molar-refractivity contribution is 0.0681. The first-order valence-corrected chi connectivity index (χ1v) is 10.1. The number of fused-ring (bicyclic) bond motifs is 5. The predicted octanol–water partition coefficient (Wildman–Crippen LogP) is 1.71. The molecule has 1 aromatic carbocycles. The van der Waals surface area contributed by atoms with Crippen LogP contribution in [0.25, 0.3) is 10.9 Å². The zero-order chi connectivity index (χ0) is 18.2. The minimum absolute atomic E-state index is 0.0749. The number of piperidine rings is 1. The number of benzene rings is 1. The fourth-order valence-corrected chi connectivity index (χ4v) is 4.66. The van der Waals surface area contributed by atoms with Crippen molar-refractivity contribution in [2.24, 2.45) is 0 Å². The number of nitrogens with one attached hydrogen (secondary N) is 1. The second-order valence-corrected chi connectivity index (χ2v) is 7.83. The number of carbonyl (C=O) groups excluding carboxylic acids is 1. The third kappa shape index (κ3) is 3.19. The number of H-pyrrole nitrogens is 1. The van der Waals surface area contributed by atoms with Crippen LogP contribution in [-0.2, 0) is 4.74 Å². The van der Waals surface area contributed by atoms with E-state index in [0.29, 0.717) is 11.7 Å². The Bertz CT molecular complexity index is 819. The van der Waals surface area contributed by atoms with Gasteiger partial charge in [0, 0.05) is 63.0 Å². The molecule has 0 unspecified atom stereocenters. The predicted molar refractivity (Wildman–Crippen MR) is 104 cm³/mol. The Labute approximate surface area is 159 Å². The van der Waals surface area contributed by atoms with Crippen molar-refractivity contribution in [2.75, 3.05) is 57.4 Å². The van der Waals surface area contributed by atoms with Gasteiger partial charge in [0.15, 0.2) is 5.69 Å². The van der Waals surface area contributed by atoms with Crippen molar-refractivity contribution < 1.29 is 9.53 Å². The van der Waals surface area contributed by atoms with E-state index < -0.39 is 0 Å². The fraction of sp³-hybridized carbons (Fsp3) is 0.600. The van der Waals surface area contributed by atoms with Gasteiger partial charge in [-0.2, -0.15) is 5.10 Å². The SMILES string of the molecule is O=C(c1n[nH]c2cc(N3CCCOCC3)ccc12)N1CCN2CCC1CC2. The van der Waals surface area contributed by atoms with Crippen molar-refractivity contribution >= 4 is 22.5 Å². The number of aromatic amines is 1. The van der Waals surface area contributed by atoms with Crippen LogP contribution in [0, 0.1) is 0 Å². The first-order valence-electron chi connectivity index (χ1n) is 10.1. The monoisotopic (exact) mass is 369 g/mol. The summed E-state index contributed by atoms with van der Waals surface area (Å²) >= 11 is 0. The molecule has 4 saturated heterocycles. The Hall–Kier alpha value is -2.12. The molecule has 0 spiro atoms. The molecule has 0 atom stereocenters. The van der Waals surface area contributed by atoms with Gasteiger partial charge in [0.05, 0.1) is 12.1 Å². The zero-order valence-corrected chi connectivity index (χ0v) is 15.7. The number of amides is 1. The summed E-state index contributed by atoms with van der Waals surface area (Å²) in [7, 11) is 0. The molecule has 0 aliphatic carbocycles. The highest BCUT2D eigenvalue weighted by Crippen LogP contribution is 2.27. The van der Waals surface area contributed by atoms with E-state index in [0.717, 1.165) is 88.3 Å². The van der Waals surface area contributed by atoms with E-state index in [1.807, 2.05) is 6.07 Å². The van der Waals surface area contributed by atoms with Gasteiger partial charge in [0.25, 0.3) is 5.91 Å². The van der Waals surface area contributed by atoms with Crippen LogP contribution in [0.3, 0.4) is 0 Å². The largest absolute Gasteiger partial charge is 0.380 e. The summed E-state index contributed by atoms with van der Waals surface area (Å²) in [6, 6.07) is 6.63. The van der Waals surface area contributed by atoms with Crippen molar-refractivity contribution in [1.29, 1.82) is 0 Å². The van der Waals surface area contributed by atoms with Crippen molar-refractivity contribution in [2.45, 2.75) is 25.3 Å². The van der Waals surface area contributed by atoms with Crippen LogP contribution in [0.1, 0.15) is 29.8 Å². The first-order chi connectivity index (χ1) is 13.3. The summed E-state index contributed by atoms with van der Waals surface area (Å²) in [5, 5.41) is 8.44. The molecule has 1 N–H and O–H groups in total. The standard InChI is InChI=1S/C20H27N5O2/c26-20(25-10-9-23-7-4-15(25)5-8-23)19-17-3-2-16(14-18(17)21-22-19)24-6-1-12-27-13-11-24/h2-3,14-15H,1,4-13H2,(H,21,22). The highest BCUT2D eigenvalue weighted by molar-refractivity contribution is 6.05. The molecular formula is C20H27N5O2. The van der Waals surface area contributed by atoms with Crippen LogP contribution in [-0.4, -0.2) is 84.4 Å². The number of aromatic nitrogens is 2. The summed E-state index contributed by atoms with van der Waals surface area (Å²) in [4.78, 5) is 20.1. The lowest BCUT2D eigenvalue weighted by Gasteiger charge is -2.31. The number of hydrogen-bond acceptors (Lipinski definition) is 5. The average Bonchev–Trinajstić information content (AvgIpc) is 2.92. The molecule has 7 nitrogen and oxygen atoms in total. The van der Waals surface area contributed by atoms with Crippen LogP contribution in [0.4, 0.5) is 5.69 Å². The van der Waals surface area contributed by atoms with Gasteiger partial charge in [-0.25, -0.2) is 0 Å². The summed E-state index contributed by atoms with van der Waals surface area (Å²) in [5.74, 6) is 0.0749. The van der Waals surface area contributed by atoms with Crippen LogP contribution < -0.4 is 4.90 Å². The van der Waals surface area contributed by atoms with E-state index in [1.54, 1.807) is 0 Å². The second-order valence-electron chi connectivity index (χ2n) is 7.83. The molecule has 4 aliphatic rings. The molecule has 0 radical (unpaired) electrons. The number of hydrogen-bond donors (Lipinski definition) is 1. The molecule has 27 heavy (non-hydrogen) atoms. The average molecular weight is 369 g/mol. The smallest absolute Gasteiger partial charge is 0.275 e. The molecule has 144 valence electrons. The Balaban J connectivity index is 1.41. The minimum atomic E-state index is 0.0749. The summed E-state index contributed by atoms with van der Waals surface area (Å²) in [6.07, 6.45) is 3.20. The Kier molecular flexibility index (Phi) is 4.49. The normalized spacial score (nSPS) is 26.2. The molecule has 5 heterocycles. The van der Waals surface area contributed by atoms with E-state index >= 15 is 0 Å². The van der Waals surface area contributed by atoms with Gasteiger partial charge in [0.1, 0.15) is 0 Å². The van der Waals surface area contributed by atoms with Crippen molar-refractivity contribution in [3.63, 3.8) is 0 Å². The lowest BCUT2D eigenvalue weighted by Crippen LogP contribution is -2.41. The number of rotatable bonds is 2. The lowest BCUT2D eigenvalue weighted by atomic mass is 10.0. The van der Waals surface area contributed by atoms with Gasteiger partial charge >= 0.3 is 0 Å². The van der Waals surface area contributed by atoms with Crippen LogP contribution in [0.15, 0.2) is 18.2 Å². The zero-order valence-electron chi connectivity index (χ0n) is 15.7. The van der Waals surface area contributed by atoms with E-state index in [4.69, 9.17) is 4.74 Å². The van der Waals surface area contributed by atoms with Gasteiger partial charge < -0.3 is 19.4 Å². The highest BCUT2D eigenvalue weighted by atomic mass is 16.5. The number of carbonyl (C=O) groups is 1. The molecular weight excluding hydrogens is 342 g/mol. The minimum Gasteiger partial charge on any atom is -0.380 e. The molecule has 6 rings (SSSR count). The third-order valence-electron chi connectivity index (χ3n) is 6.25. The van der Waals surface area contributed by atoms with E-state index in [2.05, 4.69) is 37.0 Å².